The molecule has 0 aliphatic rings. The largest absolute Gasteiger partial charge is 0.388 e. The summed E-state index contributed by atoms with van der Waals surface area (Å²) in [4.78, 5) is 12.8. The fraction of sp³-hybridized carbons (Fsp3) is 0.350. The number of carbonyl (C=O) groups excluding carboxylic acids is 1. The number of rotatable bonds is 7. The maximum atomic E-state index is 12.8. The van der Waals surface area contributed by atoms with E-state index in [4.69, 9.17) is 0 Å². The van der Waals surface area contributed by atoms with E-state index >= 15 is 0 Å². The Kier molecular flexibility index (Phi) is 6.08. The van der Waals surface area contributed by atoms with Crippen molar-refractivity contribution in [2.24, 2.45) is 11.8 Å². The van der Waals surface area contributed by atoms with Gasteiger partial charge in [0.1, 0.15) is 5.78 Å². The van der Waals surface area contributed by atoms with E-state index in [1.54, 1.807) is 6.92 Å². The quantitative estimate of drug-likeness (QED) is 0.820. The summed E-state index contributed by atoms with van der Waals surface area (Å²) in [5.74, 6) is -1.20. The molecule has 0 radical (unpaired) electrons. The van der Waals surface area contributed by atoms with Crippen LogP contribution in [0.1, 0.15) is 43.6 Å². The number of benzene rings is 2. The van der Waals surface area contributed by atoms with Crippen LogP contribution in [0.5, 0.6) is 0 Å². The summed E-state index contributed by atoms with van der Waals surface area (Å²) in [7, 11) is 0. The first-order chi connectivity index (χ1) is 11.1. The van der Waals surface area contributed by atoms with E-state index in [2.05, 4.69) is 0 Å². The average Bonchev–Trinajstić information content (AvgIpc) is 2.62. The van der Waals surface area contributed by atoms with Gasteiger partial charge in [0.25, 0.3) is 0 Å². The number of hydrogen-bond acceptors (Lipinski definition) is 3. The summed E-state index contributed by atoms with van der Waals surface area (Å²) in [6, 6.07) is 18.4. The fourth-order valence-corrected chi connectivity index (χ4v) is 2.89. The molecule has 0 heterocycles. The van der Waals surface area contributed by atoms with Crippen molar-refractivity contribution in [3.05, 3.63) is 71.8 Å². The zero-order valence-corrected chi connectivity index (χ0v) is 13.6. The van der Waals surface area contributed by atoms with Crippen LogP contribution in [0.3, 0.4) is 0 Å². The van der Waals surface area contributed by atoms with Crippen molar-refractivity contribution in [1.29, 1.82) is 0 Å². The van der Waals surface area contributed by atoms with Crippen molar-refractivity contribution in [2.75, 3.05) is 0 Å². The third-order valence-corrected chi connectivity index (χ3v) is 4.39. The monoisotopic (exact) mass is 312 g/mol. The fourth-order valence-electron chi connectivity index (χ4n) is 2.89. The van der Waals surface area contributed by atoms with E-state index in [1.165, 1.54) is 0 Å². The smallest absolute Gasteiger partial charge is 0.144 e. The Morgan fingerprint density at radius 2 is 1.30 bits per heavy atom. The molecule has 2 aromatic carbocycles. The Morgan fingerprint density at radius 3 is 1.74 bits per heavy atom. The standard InChI is InChI=1S/C20H24O3/c1-3-17(20(23)16-12-8-5-9-13-16)19(22)14(2)18(21)15-10-6-4-7-11-15/h4-14,17-18,20-21,23H,3H2,1-2H3/t14-,17+,18-,20+/m1/s1. The van der Waals surface area contributed by atoms with E-state index in [0.717, 1.165) is 11.1 Å². The predicted octanol–water partition coefficient (Wildman–Crippen LogP) is 3.69. The van der Waals surface area contributed by atoms with E-state index in [-0.39, 0.29) is 5.78 Å². The summed E-state index contributed by atoms with van der Waals surface area (Å²) in [6.45, 7) is 3.61. The maximum absolute atomic E-state index is 12.8. The molecule has 0 fully saturated rings. The van der Waals surface area contributed by atoms with E-state index in [9.17, 15) is 15.0 Å². The topological polar surface area (TPSA) is 57.5 Å². The van der Waals surface area contributed by atoms with Crippen LogP contribution in [0, 0.1) is 11.8 Å². The Hall–Kier alpha value is -1.97. The normalized spacial score (nSPS) is 16.3. The van der Waals surface area contributed by atoms with Gasteiger partial charge in [-0.2, -0.15) is 0 Å². The summed E-state index contributed by atoms with van der Waals surface area (Å²) >= 11 is 0. The van der Waals surface area contributed by atoms with Crippen molar-refractivity contribution in [3.63, 3.8) is 0 Å². The highest BCUT2D eigenvalue weighted by Gasteiger charge is 2.33. The summed E-state index contributed by atoms with van der Waals surface area (Å²) in [5.41, 5.74) is 1.45. The molecule has 122 valence electrons. The second-order valence-electron chi connectivity index (χ2n) is 5.92. The number of aliphatic hydroxyl groups excluding tert-OH is 2. The molecule has 3 nitrogen and oxygen atoms in total. The van der Waals surface area contributed by atoms with Gasteiger partial charge in [-0.3, -0.25) is 4.79 Å². The highest BCUT2D eigenvalue weighted by Crippen LogP contribution is 2.32. The van der Waals surface area contributed by atoms with Gasteiger partial charge in [-0.25, -0.2) is 0 Å². The van der Waals surface area contributed by atoms with E-state index in [1.807, 2.05) is 67.6 Å². The Balaban J connectivity index is 2.16. The molecule has 3 heteroatoms. The SMILES string of the molecule is CC[C@@H](C(=O)[C@H](C)[C@@H](O)c1ccccc1)[C@@H](O)c1ccccc1. The van der Waals surface area contributed by atoms with Crippen LogP contribution in [-0.4, -0.2) is 16.0 Å². The molecule has 0 aliphatic carbocycles. The lowest BCUT2D eigenvalue weighted by Gasteiger charge is -2.26. The second kappa shape index (κ2) is 8.04. The summed E-state index contributed by atoms with van der Waals surface area (Å²) in [6.07, 6.45) is -1.18. The predicted molar refractivity (Wildman–Crippen MR) is 90.8 cm³/mol. The Morgan fingerprint density at radius 1 is 0.870 bits per heavy atom. The molecule has 2 N–H and O–H groups in total. The molecule has 0 spiro atoms. The van der Waals surface area contributed by atoms with Crippen LogP contribution in [0.4, 0.5) is 0 Å². The molecule has 2 aromatic rings. The minimum Gasteiger partial charge on any atom is -0.388 e. The molecular weight excluding hydrogens is 288 g/mol. The number of carbonyl (C=O) groups is 1. The summed E-state index contributed by atoms with van der Waals surface area (Å²) < 4.78 is 0. The van der Waals surface area contributed by atoms with Gasteiger partial charge in [0.15, 0.2) is 0 Å². The van der Waals surface area contributed by atoms with E-state index < -0.39 is 24.0 Å². The number of hydrogen-bond donors (Lipinski definition) is 2. The molecule has 0 aromatic heterocycles. The van der Waals surface area contributed by atoms with Crippen LogP contribution in [0.25, 0.3) is 0 Å². The average molecular weight is 312 g/mol. The second-order valence-corrected chi connectivity index (χ2v) is 5.92. The minimum atomic E-state index is -0.860. The zero-order chi connectivity index (χ0) is 16.8. The van der Waals surface area contributed by atoms with Crippen LogP contribution in [0.2, 0.25) is 0 Å². The van der Waals surface area contributed by atoms with Crippen LogP contribution in [-0.2, 0) is 4.79 Å². The molecule has 0 saturated heterocycles. The highest BCUT2D eigenvalue weighted by atomic mass is 16.3. The van der Waals surface area contributed by atoms with Crippen LogP contribution < -0.4 is 0 Å². The maximum Gasteiger partial charge on any atom is 0.144 e. The molecule has 4 atom stereocenters. The lowest BCUT2D eigenvalue weighted by molar-refractivity contribution is -0.133. The third-order valence-electron chi connectivity index (χ3n) is 4.39. The van der Waals surface area contributed by atoms with Crippen molar-refractivity contribution >= 4 is 5.78 Å². The first-order valence-corrected chi connectivity index (χ1v) is 8.06. The van der Waals surface area contributed by atoms with Crippen molar-refractivity contribution in [1.82, 2.24) is 0 Å². The van der Waals surface area contributed by atoms with E-state index in [0.29, 0.717) is 6.42 Å². The first-order valence-electron chi connectivity index (χ1n) is 8.06. The molecule has 0 unspecified atom stereocenters. The molecule has 0 aliphatic heterocycles. The number of aliphatic hydroxyl groups is 2. The van der Waals surface area contributed by atoms with Crippen LogP contribution >= 0.6 is 0 Å². The van der Waals surface area contributed by atoms with Crippen molar-refractivity contribution in [2.45, 2.75) is 32.5 Å². The van der Waals surface area contributed by atoms with Crippen LogP contribution in [0.15, 0.2) is 60.7 Å². The van der Waals surface area contributed by atoms with Gasteiger partial charge in [0.05, 0.1) is 12.2 Å². The Labute approximate surface area is 137 Å². The third kappa shape index (κ3) is 4.06. The minimum absolute atomic E-state index is 0.111. The van der Waals surface area contributed by atoms with Gasteiger partial charge in [0.2, 0.25) is 0 Å². The molecule has 0 saturated carbocycles. The molecule has 2 rings (SSSR count). The lowest BCUT2D eigenvalue weighted by atomic mass is 9.81. The molecule has 0 amide bonds. The molecule has 23 heavy (non-hydrogen) atoms. The van der Waals surface area contributed by atoms with Gasteiger partial charge >= 0.3 is 0 Å². The van der Waals surface area contributed by atoms with Gasteiger partial charge in [0, 0.05) is 11.8 Å². The van der Waals surface area contributed by atoms with Gasteiger partial charge in [-0.05, 0) is 17.5 Å². The lowest BCUT2D eigenvalue weighted by Crippen LogP contribution is -2.30. The van der Waals surface area contributed by atoms with Gasteiger partial charge in [-0.1, -0.05) is 74.5 Å². The van der Waals surface area contributed by atoms with Crippen molar-refractivity contribution < 1.29 is 15.0 Å². The number of Topliss-reactive ketones (excluding diaryl/α,β-unsaturated/α-hetero) is 1. The van der Waals surface area contributed by atoms with Gasteiger partial charge < -0.3 is 10.2 Å². The summed E-state index contributed by atoms with van der Waals surface area (Å²) in [5, 5.41) is 21.0. The number of ketones is 1. The molecule has 0 bridgehead atoms. The highest BCUT2D eigenvalue weighted by molar-refractivity contribution is 5.84. The Bertz CT molecular complexity index is 609. The zero-order valence-electron chi connectivity index (χ0n) is 13.6. The first kappa shape index (κ1) is 17.4. The molecular formula is C20H24O3. The van der Waals surface area contributed by atoms with Gasteiger partial charge in [-0.15, -0.1) is 0 Å². The van der Waals surface area contributed by atoms with Crippen molar-refractivity contribution in [3.8, 4) is 0 Å².